The van der Waals surface area contributed by atoms with Gasteiger partial charge in [0.05, 0.1) is 11.9 Å². The van der Waals surface area contributed by atoms with E-state index in [9.17, 15) is 4.39 Å². The van der Waals surface area contributed by atoms with E-state index in [0.717, 1.165) is 42.0 Å². The summed E-state index contributed by atoms with van der Waals surface area (Å²) in [6, 6.07) is 9.90. The highest BCUT2D eigenvalue weighted by molar-refractivity contribution is 5.69. The Hall–Kier alpha value is -2.43. The van der Waals surface area contributed by atoms with Crippen molar-refractivity contribution in [1.82, 2.24) is 14.6 Å². The molecule has 0 unspecified atom stereocenters. The van der Waals surface area contributed by atoms with Crippen LogP contribution in [0.4, 0.5) is 10.2 Å². The molecular formula is C17H19FN4. The van der Waals surface area contributed by atoms with Gasteiger partial charge in [-0.05, 0) is 18.9 Å². The third kappa shape index (κ3) is 2.66. The third-order valence-electron chi connectivity index (χ3n) is 3.69. The first-order valence-corrected chi connectivity index (χ1v) is 7.55. The molecule has 0 fully saturated rings. The minimum absolute atomic E-state index is 0.250. The average molecular weight is 298 g/mol. The lowest BCUT2D eigenvalue weighted by Crippen LogP contribution is -2.08. The summed E-state index contributed by atoms with van der Waals surface area (Å²) in [5.74, 6) is 0.356. The van der Waals surface area contributed by atoms with E-state index in [1.54, 1.807) is 0 Å². The lowest BCUT2D eigenvalue weighted by molar-refractivity contribution is 0.636. The molecule has 0 bridgehead atoms. The molecule has 3 aromatic rings. The highest BCUT2D eigenvalue weighted by Gasteiger charge is 2.13. The molecule has 2 aromatic heterocycles. The summed E-state index contributed by atoms with van der Waals surface area (Å²) in [4.78, 5) is 4.44. The van der Waals surface area contributed by atoms with E-state index in [1.807, 2.05) is 37.3 Å². The molecule has 2 heterocycles. The molecule has 0 saturated carbocycles. The number of nitrogens with zero attached hydrogens (tertiary/aromatic N) is 3. The summed E-state index contributed by atoms with van der Waals surface area (Å²) in [5.41, 5.74) is 3.12. The van der Waals surface area contributed by atoms with Crippen molar-refractivity contribution in [2.24, 2.45) is 0 Å². The van der Waals surface area contributed by atoms with Gasteiger partial charge >= 0.3 is 0 Å². The van der Waals surface area contributed by atoms with Gasteiger partial charge in [-0.1, -0.05) is 37.6 Å². The van der Waals surface area contributed by atoms with E-state index in [-0.39, 0.29) is 5.65 Å². The first-order valence-electron chi connectivity index (χ1n) is 7.55. The van der Waals surface area contributed by atoms with E-state index in [0.29, 0.717) is 0 Å². The molecule has 4 nitrogen and oxygen atoms in total. The van der Waals surface area contributed by atoms with Crippen molar-refractivity contribution in [1.29, 1.82) is 0 Å². The molecule has 5 heteroatoms. The van der Waals surface area contributed by atoms with E-state index < -0.39 is 5.82 Å². The molecular weight excluding hydrogens is 279 g/mol. The van der Waals surface area contributed by atoms with E-state index in [4.69, 9.17) is 0 Å². The Morgan fingerprint density at radius 1 is 1.27 bits per heavy atom. The van der Waals surface area contributed by atoms with Crippen LogP contribution in [-0.2, 0) is 0 Å². The van der Waals surface area contributed by atoms with Crippen LogP contribution in [0.15, 0.2) is 36.5 Å². The molecule has 22 heavy (non-hydrogen) atoms. The van der Waals surface area contributed by atoms with Crippen LogP contribution in [0.5, 0.6) is 0 Å². The number of unbranched alkanes of at least 4 members (excludes halogenated alkanes) is 1. The Labute approximate surface area is 129 Å². The highest BCUT2D eigenvalue weighted by atomic mass is 19.1. The van der Waals surface area contributed by atoms with Crippen molar-refractivity contribution < 1.29 is 4.39 Å². The number of hydrogen-bond donors (Lipinski definition) is 1. The van der Waals surface area contributed by atoms with E-state index in [1.165, 1.54) is 10.7 Å². The molecule has 1 aromatic carbocycles. The lowest BCUT2D eigenvalue weighted by Gasteiger charge is -2.11. The lowest BCUT2D eigenvalue weighted by atomic mass is 10.1. The first-order chi connectivity index (χ1) is 10.7. The van der Waals surface area contributed by atoms with Crippen molar-refractivity contribution in [2.45, 2.75) is 26.7 Å². The molecule has 0 aliphatic rings. The number of benzene rings is 1. The minimum Gasteiger partial charge on any atom is -0.370 e. The van der Waals surface area contributed by atoms with Crippen molar-refractivity contribution in [3.63, 3.8) is 0 Å². The molecule has 1 N–H and O–H groups in total. The van der Waals surface area contributed by atoms with Crippen molar-refractivity contribution in [3.8, 4) is 11.3 Å². The smallest absolute Gasteiger partial charge is 0.194 e. The summed E-state index contributed by atoms with van der Waals surface area (Å²) in [7, 11) is 0. The van der Waals surface area contributed by atoms with Gasteiger partial charge in [0.1, 0.15) is 5.82 Å². The second-order valence-corrected chi connectivity index (χ2v) is 5.35. The quantitative estimate of drug-likeness (QED) is 0.722. The molecule has 0 amide bonds. The second-order valence-electron chi connectivity index (χ2n) is 5.35. The van der Waals surface area contributed by atoms with Gasteiger partial charge in [-0.3, -0.25) is 0 Å². The maximum atomic E-state index is 13.9. The standard InChI is InChI=1S/C17H19FN4/c1-3-4-9-19-16-10-15(13-8-6-5-7-12(13)2)21-17-14(18)11-20-22(16)17/h5-8,10-11,19H,3-4,9H2,1-2H3. The Kier molecular flexibility index (Phi) is 4.04. The number of aryl methyl sites for hydroxylation is 1. The molecule has 0 radical (unpaired) electrons. The molecule has 3 rings (SSSR count). The Balaban J connectivity index is 2.11. The minimum atomic E-state index is -0.408. The van der Waals surface area contributed by atoms with Crippen LogP contribution < -0.4 is 5.32 Å². The van der Waals surface area contributed by atoms with Crippen LogP contribution >= 0.6 is 0 Å². The summed E-state index contributed by atoms with van der Waals surface area (Å²) < 4.78 is 15.5. The van der Waals surface area contributed by atoms with Gasteiger partial charge in [0, 0.05) is 18.2 Å². The van der Waals surface area contributed by atoms with Gasteiger partial charge in [-0.15, -0.1) is 0 Å². The van der Waals surface area contributed by atoms with Gasteiger partial charge in [-0.25, -0.2) is 9.37 Å². The summed E-state index contributed by atoms with van der Waals surface area (Å²) in [5, 5.41) is 7.40. The van der Waals surface area contributed by atoms with Crippen molar-refractivity contribution >= 4 is 11.5 Å². The third-order valence-corrected chi connectivity index (χ3v) is 3.69. The van der Waals surface area contributed by atoms with E-state index >= 15 is 0 Å². The molecule has 114 valence electrons. The van der Waals surface area contributed by atoms with Crippen molar-refractivity contribution in [3.05, 3.63) is 47.9 Å². The molecule has 0 atom stereocenters. The summed E-state index contributed by atoms with van der Waals surface area (Å²) in [6.45, 7) is 4.98. The van der Waals surface area contributed by atoms with Crippen molar-refractivity contribution in [2.75, 3.05) is 11.9 Å². The average Bonchev–Trinajstić information content (AvgIpc) is 2.90. The fourth-order valence-electron chi connectivity index (χ4n) is 2.45. The molecule has 0 saturated heterocycles. The Bertz CT molecular complexity index is 794. The number of anilines is 1. The fourth-order valence-corrected chi connectivity index (χ4v) is 2.45. The summed E-state index contributed by atoms with van der Waals surface area (Å²) in [6.07, 6.45) is 3.35. The van der Waals surface area contributed by atoms with Crippen LogP contribution in [0, 0.1) is 12.7 Å². The highest BCUT2D eigenvalue weighted by Crippen LogP contribution is 2.25. The summed E-state index contributed by atoms with van der Waals surface area (Å²) >= 11 is 0. The Morgan fingerprint density at radius 2 is 2.09 bits per heavy atom. The number of halogens is 1. The van der Waals surface area contributed by atoms with Crippen LogP contribution in [0.3, 0.4) is 0 Å². The zero-order valence-electron chi connectivity index (χ0n) is 12.8. The zero-order chi connectivity index (χ0) is 15.5. The van der Waals surface area contributed by atoms with Crippen LogP contribution in [0.2, 0.25) is 0 Å². The number of nitrogens with one attached hydrogen (secondary N) is 1. The first kappa shape index (κ1) is 14.5. The predicted octanol–water partition coefficient (Wildman–Crippen LogP) is 4.06. The number of aromatic nitrogens is 3. The van der Waals surface area contributed by atoms with Crippen LogP contribution in [0.1, 0.15) is 25.3 Å². The zero-order valence-corrected chi connectivity index (χ0v) is 12.8. The van der Waals surface area contributed by atoms with Gasteiger partial charge in [0.15, 0.2) is 11.5 Å². The molecule has 0 spiro atoms. The Morgan fingerprint density at radius 3 is 2.86 bits per heavy atom. The van der Waals surface area contributed by atoms with Gasteiger partial charge in [0.2, 0.25) is 0 Å². The maximum Gasteiger partial charge on any atom is 0.194 e. The van der Waals surface area contributed by atoms with Crippen LogP contribution in [0.25, 0.3) is 16.9 Å². The molecule has 0 aliphatic carbocycles. The largest absolute Gasteiger partial charge is 0.370 e. The topological polar surface area (TPSA) is 42.2 Å². The van der Waals surface area contributed by atoms with Gasteiger partial charge < -0.3 is 5.32 Å². The van der Waals surface area contributed by atoms with Gasteiger partial charge in [0.25, 0.3) is 0 Å². The number of hydrogen-bond acceptors (Lipinski definition) is 3. The maximum absolute atomic E-state index is 13.9. The predicted molar refractivity (Wildman–Crippen MR) is 86.5 cm³/mol. The number of fused-ring (bicyclic) bond motifs is 1. The number of rotatable bonds is 5. The normalized spacial score (nSPS) is 11.0. The molecule has 0 aliphatic heterocycles. The fraction of sp³-hybridized carbons (Fsp3) is 0.294. The second kappa shape index (κ2) is 6.13. The SMILES string of the molecule is CCCCNc1cc(-c2ccccc2C)nc2c(F)cnn12. The monoisotopic (exact) mass is 298 g/mol. The van der Waals surface area contributed by atoms with E-state index in [2.05, 4.69) is 22.3 Å². The van der Waals surface area contributed by atoms with Crippen LogP contribution in [-0.4, -0.2) is 21.1 Å². The van der Waals surface area contributed by atoms with Gasteiger partial charge in [-0.2, -0.15) is 9.61 Å².